The molecule has 0 bridgehead atoms. The van der Waals surface area contributed by atoms with Gasteiger partial charge >= 0.3 is 0 Å². The van der Waals surface area contributed by atoms with Crippen LogP contribution in [-0.4, -0.2) is 18.1 Å². The third kappa shape index (κ3) is 4.94. The van der Waals surface area contributed by atoms with Gasteiger partial charge in [-0.3, -0.25) is 10.1 Å². The van der Waals surface area contributed by atoms with Crippen molar-refractivity contribution in [3.05, 3.63) is 33.9 Å². The van der Waals surface area contributed by atoms with Gasteiger partial charge in [0, 0.05) is 30.7 Å². The molecule has 0 aliphatic carbocycles. The van der Waals surface area contributed by atoms with Gasteiger partial charge in [0.2, 0.25) is 0 Å². The van der Waals surface area contributed by atoms with Crippen LogP contribution in [0.4, 0.5) is 5.69 Å². The van der Waals surface area contributed by atoms with Crippen LogP contribution in [0.5, 0.6) is 5.75 Å². The van der Waals surface area contributed by atoms with E-state index in [9.17, 15) is 10.1 Å². The molecule has 0 amide bonds. The third-order valence-corrected chi connectivity index (χ3v) is 2.51. The van der Waals surface area contributed by atoms with Gasteiger partial charge in [-0.05, 0) is 19.0 Å². The van der Waals surface area contributed by atoms with E-state index in [2.05, 4.69) is 5.32 Å². The number of nitriles is 1. The van der Waals surface area contributed by atoms with E-state index >= 15 is 0 Å². The van der Waals surface area contributed by atoms with Gasteiger partial charge in [-0.2, -0.15) is 5.26 Å². The maximum atomic E-state index is 10.7. The first kappa shape index (κ1) is 14.9. The molecule has 19 heavy (non-hydrogen) atoms. The Labute approximate surface area is 112 Å². The molecule has 0 aromatic heterocycles. The number of nitrogens with one attached hydrogen (secondary N) is 1. The summed E-state index contributed by atoms with van der Waals surface area (Å²) in [4.78, 5) is 10.3. The zero-order valence-electron chi connectivity index (χ0n) is 10.9. The molecule has 0 heterocycles. The van der Waals surface area contributed by atoms with Crippen LogP contribution in [0.2, 0.25) is 0 Å². The molecule has 0 aliphatic heterocycles. The van der Waals surface area contributed by atoms with Crippen LogP contribution in [-0.2, 0) is 6.54 Å². The van der Waals surface area contributed by atoms with Crippen LogP contribution in [0.1, 0.15) is 25.3 Å². The zero-order valence-corrected chi connectivity index (χ0v) is 10.9. The van der Waals surface area contributed by atoms with Crippen molar-refractivity contribution in [1.29, 1.82) is 5.26 Å². The molecule has 6 nitrogen and oxygen atoms in total. The van der Waals surface area contributed by atoms with Gasteiger partial charge in [0.05, 0.1) is 17.6 Å². The second kappa shape index (κ2) is 8.06. The van der Waals surface area contributed by atoms with Gasteiger partial charge in [-0.25, -0.2) is 0 Å². The summed E-state index contributed by atoms with van der Waals surface area (Å²) in [7, 11) is 0. The first-order valence-corrected chi connectivity index (χ1v) is 6.16. The van der Waals surface area contributed by atoms with Crippen molar-refractivity contribution in [1.82, 2.24) is 5.32 Å². The number of nitro groups is 1. The van der Waals surface area contributed by atoms with Crippen molar-refractivity contribution in [3.63, 3.8) is 0 Å². The Morgan fingerprint density at radius 1 is 1.53 bits per heavy atom. The molecule has 1 aromatic carbocycles. The number of ether oxygens (including phenoxy) is 1. The summed E-state index contributed by atoms with van der Waals surface area (Å²) in [5.41, 5.74) is 0.810. The summed E-state index contributed by atoms with van der Waals surface area (Å²) in [5.74, 6) is 0.629. The van der Waals surface area contributed by atoms with E-state index in [0.29, 0.717) is 31.7 Å². The van der Waals surface area contributed by atoms with Crippen LogP contribution >= 0.6 is 0 Å². The molecule has 0 saturated heterocycles. The van der Waals surface area contributed by atoms with Crippen LogP contribution in [0, 0.1) is 21.4 Å². The number of benzene rings is 1. The highest BCUT2D eigenvalue weighted by Crippen LogP contribution is 2.24. The number of hydrogen-bond donors (Lipinski definition) is 1. The summed E-state index contributed by atoms with van der Waals surface area (Å²) in [6, 6.07) is 6.60. The Bertz CT molecular complexity index is 469. The smallest absolute Gasteiger partial charge is 0.270 e. The highest BCUT2D eigenvalue weighted by atomic mass is 16.6. The van der Waals surface area contributed by atoms with Gasteiger partial charge in [0.1, 0.15) is 5.75 Å². The zero-order chi connectivity index (χ0) is 14.1. The van der Waals surface area contributed by atoms with Crippen molar-refractivity contribution < 1.29 is 9.66 Å². The quantitative estimate of drug-likeness (QED) is 0.442. The Kier molecular flexibility index (Phi) is 6.33. The van der Waals surface area contributed by atoms with E-state index in [1.165, 1.54) is 12.1 Å². The molecule has 0 unspecified atom stereocenters. The van der Waals surface area contributed by atoms with E-state index in [4.69, 9.17) is 10.00 Å². The third-order valence-electron chi connectivity index (χ3n) is 2.51. The fourth-order valence-electron chi connectivity index (χ4n) is 1.55. The summed E-state index contributed by atoms with van der Waals surface area (Å²) >= 11 is 0. The van der Waals surface area contributed by atoms with Crippen LogP contribution in [0.25, 0.3) is 0 Å². The average Bonchev–Trinajstić information content (AvgIpc) is 2.41. The van der Waals surface area contributed by atoms with Gasteiger partial charge < -0.3 is 10.1 Å². The molecule has 6 heteroatoms. The van der Waals surface area contributed by atoms with Gasteiger partial charge in [0.15, 0.2) is 0 Å². The molecule has 0 fully saturated rings. The molecule has 0 radical (unpaired) electrons. The largest absolute Gasteiger partial charge is 0.493 e. The van der Waals surface area contributed by atoms with Crippen molar-refractivity contribution in [2.75, 3.05) is 13.2 Å². The van der Waals surface area contributed by atoms with E-state index in [-0.39, 0.29) is 5.69 Å². The van der Waals surface area contributed by atoms with Crippen LogP contribution in [0.3, 0.4) is 0 Å². The molecular formula is C13H17N3O3. The predicted molar refractivity (Wildman–Crippen MR) is 70.8 cm³/mol. The van der Waals surface area contributed by atoms with E-state index in [0.717, 1.165) is 12.1 Å². The molecule has 1 rings (SSSR count). The van der Waals surface area contributed by atoms with E-state index in [1.54, 1.807) is 6.07 Å². The summed E-state index contributed by atoms with van der Waals surface area (Å²) in [6.07, 6.45) is 1.09. The maximum Gasteiger partial charge on any atom is 0.270 e. The molecule has 1 N–H and O–H groups in total. The lowest BCUT2D eigenvalue weighted by molar-refractivity contribution is -0.384. The van der Waals surface area contributed by atoms with Crippen LogP contribution < -0.4 is 10.1 Å². The highest BCUT2D eigenvalue weighted by molar-refractivity contribution is 5.43. The monoisotopic (exact) mass is 263 g/mol. The fourth-order valence-corrected chi connectivity index (χ4v) is 1.55. The first-order valence-electron chi connectivity index (χ1n) is 6.16. The molecule has 0 saturated carbocycles. The van der Waals surface area contributed by atoms with Crippen molar-refractivity contribution in [3.8, 4) is 11.8 Å². The minimum absolute atomic E-state index is 0.0530. The molecule has 102 valence electrons. The Balaban J connectivity index is 2.77. The van der Waals surface area contributed by atoms with Gasteiger partial charge in [-0.15, -0.1) is 0 Å². The maximum absolute atomic E-state index is 10.7. The standard InChI is InChI=1S/C13H17N3O3/c1-2-15-10-11-9-12(16(17)18)5-6-13(11)19-8-4-3-7-14/h5-6,9,15H,2-4,8,10H2,1H3. The summed E-state index contributed by atoms with van der Waals surface area (Å²) < 4.78 is 5.56. The molecule has 1 aromatic rings. The van der Waals surface area contributed by atoms with Crippen molar-refractivity contribution in [2.45, 2.75) is 26.3 Å². The second-order valence-corrected chi connectivity index (χ2v) is 3.94. The molecule has 0 aliphatic rings. The van der Waals surface area contributed by atoms with Crippen LogP contribution in [0.15, 0.2) is 18.2 Å². The second-order valence-electron chi connectivity index (χ2n) is 3.94. The SMILES string of the molecule is CCNCc1cc([N+](=O)[O-])ccc1OCCCC#N. The highest BCUT2D eigenvalue weighted by Gasteiger charge is 2.11. The number of hydrogen-bond acceptors (Lipinski definition) is 5. The van der Waals surface area contributed by atoms with E-state index < -0.39 is 4.92 Å². The van der Waals surface area contributed by atoms with E-state index in [1.807, 2.05) is 13.0 Å². The first-order chi connectivity index (χ1) is 9.19. The summed E-state index contributed by atoms with van der Waals surface area (Å²) in [6.45, 7) is 3.69. The number of non-ortho nitro benzene ring substituents is 1. The number of unbranched alkanes of at least 4 members (excludes halogenated alkanes) is 1. The minimum atomic E-state index is -0.422. The Morgan fingerprint density at radius 2 is 2.32 bits per heavy atom. The van der Waals surface area contributed by atoms with Crippen molar-refractivity contribution >= 4 is 5.69 Å². The lowest BCUT2D eigenvalue weighted by Gasteiger charge is -2.11. The lowest BCUT2D eigenvalue weighted by atomic mass is 10.1. The fraction of sp³-hybridized carbons (Fsp3) is 0.462. The summed E-state index contributed by atoms with van der Waals surface area (Å²) in [5, 5.41) is 22.3. The number of nitrogens with zero attached hydrogens (tertiary/aromatic N) is 2. The normalized spacial score (nSPS) is 9.89. The molecule has 0 spiro atoms. The number of rotatable bonds is 8. The van der Waals surface area contributed by atoms with Gasteiger partial charge in [0.25, 0.3) is 5.69 Å². The minimum Gasteiger partial charge on any atom is -0.493 e. The van der Waals surface area contributed by atoms with Crippen molar-refractivity contribution in [2.24, 2.45) is 0 Å². The lowest BCUT2D eigenvalue weighted by Crippen LogP contribution is -2.13. The Morgan fingerprint density at radius 3 is 2.95 bits per heavy atom. The Hall–Kier alpha value is -2.13. The topological polar surface area (TPSA) is 88.2 Å². The number of nitro benzene ring substituents is 1. The molecule has 0 atom stereocenters. The average molecular weight is 263 g/mol. The molecular weight excluding hydrogens is 246 g/mol. The van der Waals surface area contributed by atoms with Gasteiger partial charge in [-0.1, -0.05) is 6.92 Å². The predicted octanol–water partition coefficient (Wildman–Crippen LogP) is 2.39.